The number of fused-ring (bicyclic) bond motifs is 1. The van der Waals surface area contributed by atoms with Gasteiger partial charge in [0.15, 0.2) is 0 Å². The molecule has 0 atom stereocenters. The van der Waals surface area contributed by atoms with Crippen LogP contribution in [0, 0.1) is 11.7 Å². The molecule has 1 aliphatic rings. The number of piperidine rings is 1. The van der Waals surface area contributed by atoms with Crippen LogP contribution in [0.5, 0.6) is 0 Å². The van der Waals surface area contributed by atoms with Gasteiger partial charge in [0, 0.05) is 17.3 Å². The van der Waals surface area contributed by atoms with E-state index in [1.807, 2.05) is 18.2 Å². The summed E-state index contributed by atoms with van der Waals surface area (Å²) in [5, 5.41) is 2.89. The standard InChI is InChI=1S/C24H29FN4O/c1-16(2)29-22-9-8-20(26-24(30)18-4-6-19(25)7-5-18)14-21(22)27-23(29)15-28-12-10-17(3)11-13-28/h4-9,14,16-17H,10-13,15H2,1-3H3,(H,26,30). The number of imidazole rings is 1. The Labute approximate surface area is 176 Å². The molecule has 0 spiro atoms. The molecule has 0 aliphatic carbocycles. The van der Waals surface area contributed by atoms with Gasteiger partial charge in [0.1, 0.15) is 11.6 Å². The van der Waals surface area contributed by atoms with Crippen molar-refractivity contribution in [1.29, 1.82) is 0 Å². The number of nitrogens with one attached hydrogen (secondary N) is 1. The summed E-state index contributed by atoms with van der Waals surface area (Å²) < 4.78 is 15.4. The van der Waals surface area contributed by atoms with Crippen molar-refractivity contribution in [3.05, 3.63) is 59.7 Å². The molecule has 1 fully saturated rings. The molecule has 158 valence electrons. The summed E-state index contributed by atoms with van der Waals surface area (Å²) in [6.45, 7) is 9.74. The van der Waals surface area contributed by atoms with Gasteiger partial charge in [-0.1, -0.05) is 6.92 Å². The molecule has 1 saturated heterocycles. The molecule has 6 heteroatoms. The third kappa shape index (κ3) is 4.38. The number of anilines is 1. The Morgan fingerprint density at radius 1 is 1.17 bits per heavy atom. The van der Waals surface area contributed by atoms with Gasteiger partial charge < -0.3 is 9.88 Å². The van der Waals surface area contributed by atoms with Crippen LogP contribution in [0.4, 0.5) is 10.1 Å². The number of benzene rings is 2. The molecule has 2 aromatic carbocycles. The predicted octanol–water partition coefficient (Wildman–Crippen LogP) is 5.24. The van der Waals surface area contributed by atoms with Crippen molar-refractivity contribution in [2.75, 3.05) is 18.4 Å². The fraction of sp³-hybridized carbons (Fsp3) is 0.417. The van der Waals surface area contributed by atoms with Crippen molar-refractivity contribution in [3.63, 3.8) is 0 Å². The van der Waals surface area contributed by atoms with Gasteiger partial charge in [0.25, 0.3) is 5.91 Å². The number of rotatable bonds is 5. The zero-order valence-electron chi connectivity index (χ0n) is 17.9. The van der Waals surface area contributed by atoms with E-state index in [0.717, 1.165) is 42.4 Å². The SMILES string of the molecule is CC1CCN(Cc2nc3cc(NC(=O)c4ccc(F)cc4)ccc3n2C(C)C)CC1. The van der Waals surface area contributed by atoms with Crippen molar-refractivity contribution >= 4 is 22.6 Å². The third-order valence-electron chi connectivity index (χ3n) is 5.88. The number of carbonyl (C=O) groups excluding carboxylic acids is 1. The van der Waals surface area contributed by atoms with Crippen LogP contribution in [0.3, 0.4) is 0 Å². The summed E-state index contributed by atoms with van der Waals surface area (Å²) in [5.74, 6) is 1.25. The van der Waals surface area contributed by atoms with E-state index >= 15 is 0 Å². The van der Waals surface area contributed by atoms with E-state index in [4.69, 9.17) is 4.98 Å². The molecule has 0 unspecified atom stereocenters. The second-order valence-corrected chi connectivity index (χ2v) is 8.61. The third-order valence-corrected chi connectivity index (χ3v) is 5.88. The molecule has 0 radical (unpaired) electrons. The Hall–Kier alpha value is -2.73. The monoisotopic (exact) mass is 408 g/mol. The minimum atomic E-state index is -0.358. The van der Waals surface area contributed by atoms with Crippen LogP contribution in [0.1, 0.15) is 55.8 Å². The van der Waals surface area contributed by atoms with Gasteiger partial charge in [0.05, 0.1) is 17.6 Å². The highest BCUT2D eigenvalue weighted by Gasteiger charge is 2.20. The fourth-order valence-electron chi connectivity index (χ4n) is 4.14. The van der Waals surface area contributed by atoms with E-state index in [-0.39, 0.29) is 11.7 Å². The highest BCUT2D eigenvalue weighted by Crippen LogP contribution is 2.26. The van der Waals surface area contributed by atoms with Crippen LogP contribution in [0.15, 0.2) is 42.5 Å². The van der Waals surface area contributed by atoms with E-state index in [1.165, 1.54) is 37.1 Å². The Morgan fingerprint density at radius 3 is 2.53 bits per heavy atom. The fourth-order valence-corrected chi connectivity index (χ4v) is 4.14. The lowest BCUT2D eigenvalue weighted by Gasteiger charge is -2.30. The maximum absolute atomic E-state index is 13.1. The molecule has 1 amide bonds. The van der Waals surface area contributed by atoms with Gasteiger partial charge in [-0.2, -0.15) is 0 Å². The van der Waals surface area contributed by atoms with Crippen molar-refractivity contribution < 1.29 is 9.18 Å². The molecule has 5 nitrogen and oxygen atoms in total. The molecule has 2 heterocycles. The van der Waals surface area contributed by atoms with E-state index in [9.17, 15) is 9.18 Å². The first-order valence-corrected chi connectivity index (χ1v) is 10.7. The van der Waals surface area contributed by atoms with Crippen molar-refractivity contribution in [2.24, 2.45) is 5.92 Å². The maximum atomic E-state index is 13.1. The highest BCUT2D eigenvalue weighted by molar-refractivity contribution is 6.04. The molecule has 1 aliphatic heterocycles. The lowest BCUT2D eigenvalue weighted by molar-refractivity contribution is 0.102. The van der Waals surface area contributed by atoms with E-state index in [2.05, 4.69) is 35.6 Å². The summed E-state index contributed by atoms with van der Waals surface area (Å²) in [6.07, 6.45) is 2.48. The summed E-state index contributed by atoms with van der Waals surface area (Å²) >= 11 is 0. The summed E-state index contributed by atoms with van der Waals surface area (Å²) in [5.41, 5.74) is 3.05. The molecule has 0 saturated carbocycles. The molecule has 3 aromatic rings. The number of amides is 1. The second-order valence-electron chi connectivity index (χ2n) is 8.61. The summed E-state index contributed by atoms with van der Waals surface area (Å²) in [4.78, 5) is 19.9. The molecular formula is C24H29FN4O. The first-order valence-electron chi connectivity index (χ1n) is 10.7. The van der Waals surface area contributed by atoms with Crippen LogP contribution in [0.25, 0.3) is 11.0 Å². The maximum Gasteiger partial charge on any atom is 0.255 e. The lowest BCUT2D eigenvalue weighted by Crippen LogP contribution is -2.33. The predicted molar refractivity (Wildman–Crippen MR) is 118 cm³/mol. The molecule has 30 heavy (non-hydrogen) atoms. The van der Waals surface area contributed by atoms with Gasteiger partial charge >= 0.3 is 0 Å². The second kappa shape index (κ2) is 8.56. The van der Waals surface area contributed by atoms with E-state index < -0.39 is 0 Å². The molecule has 1 N–H and O–H groups in total. The Morgan fingerprint density at radius 2 is 1.87 bits per heavy atom. The van der Waals surface area contributed by atoms with Gasteiger partial charge in [-0.05, 0) is 88.2 Å². The number of aromatic nitrogens is 2. The van der Waals surface area contributed by atoms with Crippen molar-refractivity contribution in [1.82, 2.24) is 14.5 Å². The van der Waals surface area contributed by atoms with Crippen LogP contribution < -0.4 is 5.32 Å². The number of hydrogen-bond acceptors (Lipinski definition) is 3. The first kappa shape index (κ1) is 20.5. The smallest absolute Gasteiger partial charge is 0.255 e. The Balaban J connectivity index is 1.57. The molecular weight excluding hydrogens is 379 g/mol. The van der Waals surface area contributed by atoms with Crippen LogP contribution in [0.2, 0.25) is 0 Å². The minimum absolute atomic E-state index is 0.264. The van der Waals surface area contributed by atoms with Gasteiger partial charge in [0.2, 0.25) is 0 Å². The molecule has 4 rings (SSSR count). The van der Waals surface area contributed by atoms with Crippen LogP contribution >= 0.6 is 0 Å². The molecule has 0 bridgehead atoms. The average Bonchev–Trinajstić information content (AvgIpc) is 3.07. The first-order chi connectivity index (χ1) is 14.4. The van der Waals surface area contributed by atoms with E-state index in [0.29, 0.717) is 17.3 Å². The minimum Gasteiger partial charge on any atom is -0.324 e. The average molecular weight is 409 g/mol. The van der Waals surface area contributed by atoms with Crippen LogP contribution in [-0.4, -0.2) is 33.4 Å². The van der Waals surface area contributed by atoms with Gasteiger partial charge in [-0.25, -0.2) is 9.37 Å². The van der Waals surface area contributed by atoms with Crippen molar-refractivity contribution in [2.45, 2.75) is 46.2 Å². The summed E-state index contributed by atoms with van der Waals surface area (Å²) in [7, 11) is 0. The number of halogens is 1. The lowest BCUT2D eigenvalue weighted by atomic mass is 9.99. The Bertz CT molecular complexity index is 1030. The van der Waals surface area contributed by atoms with Crippen molar-refractivity contribution in [3.8, 4) is 0 Å². The normalized spacial score (nSPS) is 15.8. The number of hydrogen-bond donors (Lipinski definition) is 1. The number of nitrogens with zero attached hydrogens (tertiary/aromatic N) is 3. The quantitative estimate of drug-likeness (QED) is 0.628. The topological polar surface area (TPSA) is 50.2 Å². The summed E-state index contributed by atoms with van der Waals surface area (Å²) in [6, 6.07) is 11.7. The highest BCUT2D eigenvalue weighted by atomic mass is 19.1. The Kier molecular flexibility index (Phi) is 5.86. The number of carbonyl (C=O) groups is 1. The zero-order chi connectivity index (χ0) is 21.3. The largest absolute Gasteiger partial charge is 0.324 e. The van der Waals surface area contributed by atoms with E-state index in [1.54, 1.807) is 0 Å². The van der Waals surface area contributed by atoms with Gasteiger partial charge in [-0.15, -0.1) is 0 Å². The number of likely N-dealkylation sites (tertiary alicyclic amines) is 1. The zero-order valence-corrected chi connectivity index (χ0v) is 17.9. The van der Waals surface area contributed by atoms with Crippen LogP contribution in [-0.2, 0) is 6.54 Å². The van der Waals surface area contributed by atoms with Gasteiger partial charge in [-0.3, -0.25) is 9.69 Å². The molecule has 1 aromatic heterocycles.